The first kappa shape index (κ1) is 13.2. The van der Waals surface area contributed by atoms with Crippen LogP contribution in [0.4, 0.5) is 5.69 Å². The molecule has 0 radical (unpaired) electrons. The quantitative estimate of drug-likeness (QED) is 0.583. The number of aryl methyl sites for hydroxylation is 1. The summed E-state index contributed by atoms with van der Waals surface area (Å²) in [6.07, 6.45) is 1.57. The third kappa shape index (κ3) is 2.95. The number of carbonyl (C=O) groups is 1. The summed E-state index contributed by atoms with van der Waals surface area (Å²) in [5, 5.41) is 21.6. The Morgan fingerprint density at radius 1 is 1.32 bits per heavy atom. The van der Waals surface area contributed by atoms with Crippen LogP contribution in [-0.2, 0) is 0 Å². The molecule has 0 aliphatic heterocycles. The summed E-state index contributed by atoms with van der Waals surface area (Å²) >= 11 is 5.86. The van der Waals surface area contributed by atoms with Gasteiger partial charge >= 0.3 is 0 Å². The first-order valence-electron chi connectivity index (χ1n) is 5.43. The van der Waals surface area contributed by atoms with E-state index in [9.17, 15) is 15.0 Å². The Morgan fingerprint density at radius 2 is 2.05 bits per heavy atom. The zero-order valence-electron chi connectivity index (χ0n) is 10.0. The number of phenolic OH excluding ortho intramolecular Hbond substituents is 2. The van der Waals surface area contributed by atoms with Crippen LogP contribution in [0, 0.1) is 6.92 Å². The highest BCUT2D eigenvalue weighted by Crippen LogP contribution is 2.25. The number of amides is 1. The number of rotatable bonds is 2. The van der Waals surface area contributed by atoms with Gasteiger partial charge in [0.05, 0.1) is 11.3 Å². The van der Waals surface area contributed by atoms with Crippen LogP contribution in [0.25, 0.3) is 0 Å². The molecule has 0 atom stereocenters. The van der Waals surface area contributed by atoms with Gasteiger partial charge in [0.25, 0.3) is 5.91 Å². The zero-order valence-corrected chi connectivity index (χ0v) is 10.8. The largest absolute Gasteiger partial charge is 0.508 e. The Morgan fingerprint density at radius 3 is 2.79 bits per heavy atom. The van der Waals surface area contributed by atoms with Gasteiger partial charge in [0, 0.05) is 6.20 Å². The van der Waals surface area contributed by atoms with Crippen molar-refractivity contribution in [2.45, 2.75) is 6.92 Å². The molecule has 2 rings (SSSR count). The Kier molecular flexibility index (Phi) is 3.57. The van der Waals surface area contributed by atoms with Crippen molar-refractivity contribution < 1.29 is 15.0 Å². The average Bonchev–Trinajstić information content (AvgIpc) is 2.36. The molecule has 0 aliphatic carbocycles. The fraction of sp³-hybridized carbons (Fsp3) is 0.0769. The van der Waals surface area contributed by atoms with E-state index >= 15 is 0 Å². The number of phenols is 2. The van der Waals surface area contributed by atoms with Crippen LogP contribution in [0.1, 0.15) is 15.9 Å². The molecule has 1 heterocycles. The second-order valence-corrected chi connectivity index (χ2v) is 4.36. The van der Waals surface area contributed by atoms with Crippen molar-refractivity contribution in [1.82, 2.24) is 4.98 Å². The van der Waals surface area contributed by atoms with E-state index in [1.54, 1.807) is 12.3 Å². The fourth-order valence-electron chi connectivity index (χ4n) is 1.54. The van der Waals surface area contributed by atoms with E-state index in [4.69, 9.17) is 11.6 Å². The molecule has 0 saturated carbocycles. The number of carbonyl (C=O) groups excluding carboxylic acids is 1. The number of halogens is 1. The van der Waals surface area contributed by atoms with Crippen molar-refractivity contribution >= 4 is 23.2 Å². The molecule has 6 heteroatoms. The third-order valence-electron chi connectivity index (χ3n) is 2.45. The number of benzene rings is 1. The molecular weight excluding hydrogens is 268 g/mol. The van der Waals surface area contributed by atoms with E-state index in [0.717, 1.165) is 5.56 Å². The monoisotopic (exact) mass is 278 g/mol. The first-order valence-corrected chi connectivity index (χ1v) is 5.80. The van der Waals surface area contributed by atoms with Crippen molar-refractivity contribution in [2.24, 2.45) is 0 Å². The van der Waals surface area contributed by atoms with Gasteiger partial charge in [-0.2, -0.15) is 0 Å². The highest BCUT2D eigenvalue weighted by atomic mass is 35.5. The van der Waals surface area contributed by atoms with Gasteiger partial charge in [-0.1, -0.05) is 11.6 Å². The molecule has 3 N–H and O–H groups in total. The smallest absolute Gasteiger partial charge is 0.259 e. The number of nitrogens with one attached hydrogen (secondary N) is 1. The molecule has 1 amide bonds. The lowest BCUT2D eigenvalue weighted by atomic mass is 10.1. The Hall–Kier alpha value is -2.27. The first-order chi connectivity index (χ1) is 8.97. The predicted octanol–water partition coefficient (Wildman–Crippen LogP) is 2.71. The van der Waals surface area contributed by atoms with Crippen molar-refractivity contribution in [3.05, 3.63) is 46.7 Å². The minimum absolute atomic E-state index is 0.0439. The highest BCUT2D eigenvalue weighted by Gasteiger charge is 2.14. The lowest BCUT2D eigenvalue weighted by molar-refractivity contribution is 0.102. The van der Waals surface area contributed by atoms with Crippen molar-refractivity contribution in [3.63, 3.8) is 0 Å². The third-order valence-corrected chi connectivity index (χ3v) is 2.75. The zero-order chi connectivity index (χ0) is 14.0. The number of aromatic hydroxyl groups is 2. The van der Waals surface area contributed by atoms with E-state index in [-0.39, 0.29) is 22.2 Å². The van der Waals surface area contributed by atoms with Crippen molar-refractivity contribution in [3.8, 4) is 11.5 Å². The minimum atomic E-state index is -0.581. The van der Waals surface area contributed by atoms with Crippen LogP contribution in [0.2, 0.25) is 5.15 Å². The number of aromatic nitrogens is 1. The summed E-state index contributed by atoms with van der Waals surface area (Å²) in [4.78, 5) is 15.9. The van der Waals surface area contributed by atoms with Crippen molar-refractivity contribution in [2.75, 3.05) is 5.32 Å². The molecule has 1 aromatic carbocycles. The summed E-state index contributed by atoms with van der Waals surface area (Å²) in [6.45, 7) is 1.81. The normalized spacial score (nSPS) is 10.2. The van der Waals surface area contributed by atoms with E-state index in [1.807, 2.05) is 6.92 Å². The van der Waals surface area contributed by atoms with Gasteiger partial charge in [-0.15, -0.1) is 0 Å². The van der Waals surface area contributed by atoms with Crippen LogP contribution >= 0.6 is 11.6 Å². The predicted molar refractivity (Wildman–Crippen MR) is 71.7 cm³/mol. The summed E-state index contributed by atoms with van der Waals surface area (Å²) in [6, 6.07) is 5.35. The highest BCUT2D eigenvalue weighted by molar-refractivity contribution is 6.32. The topological polar surface area (TPSA) is 82.5 Å². The standard InChI is InChI=1S/C13H11ClN2O3/c1-7-4-10(12(14)15-6-7)16-13(19)9-5-8(17)2-3-11(9)18/h2-6,17-18H,1H3,(H,16,19). The van der Waals surface area contributed by atoms with E-state index < -0.39 is 5.91 Å². The van der Waals surface area contributed by atoms with E-state index in [2.05, 4.69) is 10.3 Å². The molecule has 98 valence electrons. The summed E-state index contributed by atoms with van der Waals surface area (Å²) in [5.74, 6) is -0.925. The van der Waals surface area contributed by atoms with Crippen LogP contribution in [0.3, 0.4) is 0 Å². The molecule has 0 spiro atoms. The van der Waals surface area contributed by atoms with Gasteiger partial charge in [0.2, 0.25) is 0 Å². The lowest BCUT2D eigenvalue weighted by Crippen LogP contribution is -2.12. The molecule has 1 aromatic heterocycles. The summed E-state index contributed by atoms with van der Waals surface area (Å²) in [7, 11) is 0. The molecule has 5 nitrogen and oxygen atoms in total. The van der Waals surface area contributed by atoms with E-state index in [0.29, 0.717) is 5.69 Å². The van der Waals surface area contributed by atoms with Crippen molar-refractivity contribution in [1.29, 1.82) is 0 Å². The molecule has 0 saturated heterocycles. The molecule has 0 fully saturated rings. The molecule has 19 heavy (non-hydrogen) atoms. The Labute approximate surface area is 114 Å². The average molecular weight is 279 g/mol. The van der Waals surface area contributed by atoms with Gasteiger partial charge in [-0.3, -0.25) is 4.79 Å². The summed E-state index contributed by atoms with van der Waals surface area (Å²) in [5.41, 5.74) is 1.13. The number of hydrogen-bond acceptors (Lipinski definition) is 4. The van der Waals surface area contributed by atoms with Crippen LogP contribution in [0.5, 0.6) is 11.5 Å². The Bertz CT molecular complexity index is 644. The number of hydrogen-bond donors (Lipinski definition) is 3. The number of nitrogens with zero attached hydrogens (tertiary/aromatic N) is 1. The second kappa shape index (κ2) is 5.16. The lowest BCUT2D eigenvalue weighted by Gasteiger charge is -2.09. The fourth-order valence-corrected chi connectivity index (χ4v) is 1.69. The maximum atomic E-state index is 12.0. The van der Waals surface area contributed by atoms with Gasteiger partial charge < -0.3 is 15.5 Å². The van der Waals surface area contributed by atoms with Gasteiger partial charge in [-0.25, -0.2) is 4.98 Å². The maximum absolute atomic E-state index is 12.0. The number of anilines is 1. The molecule has 0 unspecified atom stereocenters. The van der Waals surface area contributed by atoms with Gasteiger partial charge in [-0.05, 0) is 36.8 Å². The van der Waals surface area contributed by atoms with Gasteiger partial charge in [0.15, 0.2) is 5.15 Å². The maximum Gasteiger partial charge on any atom is 0.259 e. The molecule has 0 bridgehead atoms. The van der Waals surface area contributed by atoms with Crippen LogP contribution < -0.4 is 5.32 Å². The van der Waals surface area contributed by atoms with Gasteiger partial charge in [0.1, 0.15) is 11.5 Å². The van der Waals surface area contributed by atoms with Crippen LogP contribution in [0.15, 0.2) is 30.5 Å². The summed E-state index contributed by atoms with van der Waals surface area (Å²) < 4.78 is 0. The molecule has 0 aliphatic rings. The SMILES string of the molecule is Cc1cnc(Cl)c(NC(=O)c2cc(O)ccc2O)c1. The Balaban J connectivity index is 2.30. The second-order valence-electron chi connectivity index (χ2n) is 4.01. The van der Waals surface area contributed by atoms with Crippen LogP contribution in [-0.4, -0.2) is 21.1 Å². The molecule has 2 aromatic rings. The van der Waals surface area contributed by atoms with E-state index in [1.165, 1.54) is 18.2 Å². The molecular formula is C13H11ClN2O3. The number of pyridine rings is 1. The minimum Gasteiger partial charge on any atom is -0.508 e.